The highest BCUT2D eigenvalue weighted by Gasteiger charge is 2.04. The highest BCUT2D eigenvalue weighted by molar-refractivity contribution is 5.75. The molecule has 0 fully saturated rings. The van der Waals surface area contributed by atoms with E-state index in [2.05, 4.69) is 5.32 Å². The van der Waals surface area contributed by atoms with Gasteiger partial charge in [0.25, 0.3) is 0 Å². The Morgan fingerprint density at radius 2 is 2.31 bits per heavy atom. The quantitative estimate of drug-likeness (QED) is 0.767. The number of rotatable bonds is 6. The Morgan fingerprint density at radius 1 is 1.56 bits per heavy atom. The molecule has 1 heterocycles. The summed E-state index contributed by atoms with van der Waals surface area (Å²) >= 11 is 0. The largest absolute Gasteiger partial charge is 0.466 e. The van der Waals surface area contributed by atoms with Gasteiger partial charge in [-0.05, 0) is 32.4 Å². The van der Waals surface area contributed by atoms with Gasteiger partial charge in [0.1, 0.15) is 11.5 Å². The van der Waals surface area contributed by atoms with Gasteiger partial charge in [-0.25, -0.2) is 0 Å². The molecule has 4 nitrogen and oxygen atoms in total. The van der Waals surface area contributed by atoms with Gasteiger partial charge in [-0.15, -0.1) is 0 Å². The molecule has 90 valence electrons. The van der Waals surface area contributed by atoms with Crippen molar-refractivity contribution in [1.29, 1.82) is 0 Å². The normalized spacial score (nSPS) is 12.4. The maximum atomic E-state index is 11.3. The molecular weight excluding hydrogens is 204 g/mol. The lowest BCUT2D eigenvalue weighted by Gasteiger charge is -2.05. The van der Waals surface area contributed by atoms with Gasteiger partial charge in [0.05, 0.1) is 0 Å². The molecule has 0 saturated heterocycles. The Hall–Kier alpha value is -1.29. The van der Waals surface area contributed by atoms with Gasteiger partial charge in [-0.3, -0.25) is 4.79 Å². The van der Waals surface area contributed by atoms with E-state index >= 15 is 0 Å². The summed E-state index contributed by atoms with van der Waals surface area (Å²) in [5.74, 6) is 1.86. The Labute approximate surface area is 96.2 Å². The third kappa shape index (κ3) is 4.98. The molecule has 1 atom stereocenters. The number of amides is 1. The van der Waals surface area contributed by atoms with Crippen LogP contribution in [0.2, 0.25) is 0 Å². The molecule has 1 aromatic rings. The summed E-state index contributed by atoms with van der Waals surface area (Å²) < 4.78 is 5.39. The van der Waals surface area contributed by atoms with Crippen LogP contribution in [-0.2, 0) is 11.2 Å². The molecule has 1 rings (SSSR count). The number of furan rings is 1. The van der Waals surface area contributed by atoms with E-state index in [0.29, 0.717) is 13.0 Å². The van der Waals surface area contributed by atoms with Crippen molar-refractivity contribution in [2.24, 2.45) is 5.73 Å². The third-order valence-electron chi connectivity index (χ3n) is 2.32. The average molecular weight is 224 g/mol. The number of carbonyl (C=O) groups is 1. The van der Waals surface area contributed by atoms with Crippen LogP contribution in [0.1, 0.15) is 31.3 Å². The minimum Gasteiger partial charge on any atom is -0.466 e. The van der Waals surface area contributed by atoms with Crippen LogP contribution < -0.4 is 11.1 Å². The predicted molar refractivity (Wildman–Crippen MR) is 63.0 cm³/mol. The molecule has 1 unspecified atom stereocenters. The fourth-order valence-electron chi connectivity index (χ4n) is 1.39. The number of hydrogen-bond donors (Lipinski definition) is 2. The van der Waals surface area contributed by atoms with Gasteiger partial charge in [0.15, 0.2) is 0 Å². The van der Waals surface area contributed by atoms with E-state index in [1.807, 2.05) is 26.0 Å². The third-order valence-corrected chi connectivity index (χ3v) is 2.32. The molecule has 0 aromatic carbocycles. The lowest BCUT2D eigenvalue weighted by molar-refractivity contribution is -0.121. The van der Waals surface area contributed by atoms with Crippen molar-refractivity contribution in [3.8, 4) is 0 Å². The summed E-state index contributed by atoms with van der Waals surface area (Å²) in [6.45, 7) is 4.42. The topological polar surface area (TPSA) is 68.3 Å². The Bertz CT molecular complexity index is 332. The second kappa shape index (κ2) is 6.33. The molecule has 0 aliphatic carbocycles. The van der Waals surface area contributed by atoms with Gasteiger partial charge in [0, 0.05) is 25.4 Å². The first-order valence-electron chi connectivity index (χ1n) is 5.65. The second-order valence-electron chi connectivity index (χ2n) is 4.13. The summed E-state index contributed by atoms with van der Waals surface area (Å²) in [5.41, 5.74) is 5.57. The van der Waals surface area contributed by atoms with E-state index in [1.165, 1.54) is 0 Å². The van der Waals surface area contributed by atoms with Crippen molar-refractivity contribution in [3.05, 3.63) is 23.7 Å². The standard InChI is InChI=1S/C12H20N2O2/c1-9(13)3-6-12(15)14-8-7-11-5-4-10(2)16-11/h4-5,9H,3,6-8,13H2,1-2H3,(H,14,15). The van der Waals surface area contributed by atoms with E-state index in [1.54, 1.807) is 0 Å². The van der Waals surface area contributed by atoms with Crippen molar-refractivity contribution in [2.45, 2.75) is 39.2 Å². The second-order valence-corrected chi connectivity index (χ2v) is 4.13. The Kier molecular flexibility index (Phi) is 5.05. The Morgan fingerprint density at radius 3 is 2.88 bits per heavy atom. The molecule has 0 spiro atoms. The summed E-state index contributed by atoms with van der Waals surface area (Å²) in [5, 5.41) is 2.84. The first kappa shape index (κ1) is 12.8. The molecule has 0 radical (unpaired) electrons. The number of nitrogens with two attached hydrogens (primary N) is 1. The minimum atomic E-state index is 0.0561. The van der Waals surface area contributed by atoms with E-state index < -0.39 is 0 Å². The van der Waals surface area contributed by atoms with Gasteiger partial charge in [-0.1, -0.05) is 0 Å². The number of hydrogen-bond acceptors (Lipinski definition) is 3. The lowest BCUT2D eigenvalue weighted by atomic mass is 10.2. The van der Waals surface area contributed by atoms with E-state index in [0.717, 1.165) is 24.4 Å². The molecule has 0 aliphatic rings. The molecule has 0 saturated carbocycles. The van der Waals surface area contributed by atoms with Gasteiger partial charge in [0.2, 0.25) is 5.91 Å². The van der Waals surface area contributed by atoms with E-state index in [4.69, 9.17) is 10.2 Å². The zero-order chi connectivity index (χ0) is 12.0. The number of carbonyl (C=O) groups excluding carboxylic acids is 1. The molecular formula is C12H20N2O2. The van der Waals surface area contributed by atoms with Crippen LogP contribution in [-0.4, -0.2) is 18.5 Å². The number of nitrogens with one attached hydrogen (secondary N) is 1. The molecule has 16 heavy (non-hydrogen) atoms. The average Bonchev–Trinajstić information content (AvgIpc) is 2.61. The molecule has 1 amide bonds. The fraction of sp³-hybridized carbons (Fsp3) is 0.583. The van der Waals surface area contributed by atoms with Gasteiger partial charge in [-0.2, -0.15) is 0 Å². The molecule has 3 N–H and O–H groups in total. The summed E-state index contributed by atoms with van der Waals surface area (Å²) in [4.78, 5) is 11.3. The molecule has 4 heteroatoms. The zero-order valence-electron chi connectivity index (χ0n) is 9.95. The van der Waals surface area contributed by atoms with Crippen molar-refractivity contribution in [3.63, 3.8) is 0 Å². The molecule has 1 aromatic heterocycles. The first-order valence-corrected chi connectivity index (χ1v) is 5.65. The predicted octanol–water partition coefficient (Wildman–Crippen LogP) is 1.37. The first-order chi connectivity index (χ1) is 7.58. The van der Waals surface area contributed by atoms with Crippen molar-refractivity contribution in [2.75, 3.05) is 6.54 Å². The van der Waals surface area contributed by atoms with Crippen LogP contribution in [0.3, 0.4) is 0 Å². The molecule has 0 aliphatic heterocycles. The van der Waals surface area contributed by atoms with E-state index in [9.17, 15) is 4.79 Å². The monoisotopic (exact) mass is 224 g/mol. The van der Waals surface area contributed by atoms with Gasteiger partial charge < -0.3 is 15.5 Å². The van der Waals surface area contributed by atoms with Crippen LogP contribution in [0.5, 0.6) is 0 Å². The summed E-state index contributed by atoms with van der Waals surface area (Å²) in [6.07, 6.45) is 1.96. The number of aryl methyl sites for hydroxylation is 1. The smallest absolute Gasteiger partial charge is 0.220 e. The maximum absolute atomic E-state index is 11.3. The fourth-order valence-corrected chi connectivity index (χ4v) is 1.39. The zero-order valence-corrected chi connectivity index (χ0v) is 9.95. The lowest BCUT2D eigenvalue weighted by Crippen LogP contribution is -2.27. The Balaban J connectivity index is 2.13. The van der Waals surface area contributed by atoms with Crippen LogP contribution in [0.15, 0.2) is 16.5 Å². The summed E-state index contributed by atoms with van der Waals surface area (Å²) in [6, 6.07) is 3.94. The van der Waals surface area contributed by atoms with Crippen LogP contribution in [0.25, 0.3) is 0 Å². The summed E-state index contributed by atoms with van der Waals surface area (Å²) in [7, 11) is 0. The van der Waals surface area contributed by atoms with Crippen LogP contribution in [0, 0.1) is 6.92 Å². The van der Waals surface area contributed by atoms with Crippen LogP contribution >= 0.6 is 0 Å². The van der Waals surface area contributed by atoms with Crippen LogP contribution in [0.4, 0.5) is 0 Å². The molecule has 0 bridgehead atoms. The van der Waals surface area contributed by atoms with Crippen molar-refractivity contribution in [1.82, 2.24) is 5.32 Å². The maximum Gasteiger partial charge on any atom is 0.220 e. The minimum absolute atomic E-state index is 0.0561. The van der Waals surface area contributed by atoms with Crippen molar-refractivity contribution < 1.29 is 9.21 Å². The SMILES string of the molecule is Cc1ccc(CCNC(=O)CCC(C)N)o1. The van der Waals surface area contributed by atoms with Crippen molar-refractivity contribution >= 4 is 5.91 Å². The highest BCUT2D eigenvalue weighted by atomic mass is 16.3. The van der Waals surface area contributed by atoms with E-state index in [-0.39, 0.29) is 11.9 Å². The highest BCUT2D eigenvalue weighted by Crippen LogP contribution is 2.06. The van der Waals surface area contributed by atoms with Gasteiger partial charge >= 0.3 is 0 Å².